The quantitative estimate of drug-likeness (QED) is 0.431. The van der Waals surface area contributed by atoms with E-state index in [0.717, 1.165) is 29.3 Å². The second kappa shape index (κ2) is 6.16. The van der Waals surface area contributed by atoms with Gasteiger partial charge < -0.3 is 14.9 Å². The summed E-state index contributed by atoms with van der Waals surface area (Å²) in [5.41, 5.74) is 4.06. The Kier molecular flexibility index (Phi) is 3.86. The number of imidazole rings is 1. The Bertz CT molecular complexity index is 1000. The van der Waals surface area contributed by atoms with Gasteiger partial charge in [-0.05, 0) is 13.0 Å². The normalized spacial score (nSPS) is 11.4. The van der Waals surface area contributed by atoms with Crippen molar-refractivity contribution in [2.75, 3.05) is 17.6 Å². The van der Waals surface area contributed by atoms with Gasteiger partial charge in [0.2, 0.25) is 0 Å². The average molecular weight is 338 g/mol. The third-order valence-electron chi connectivity index (χ3n) is 3.97. The number of benzene rings is 1. The standard InChI is InChI=1S/C17H18N6S/c1-11-15(12-5-3-4-6-13(12)22-11)24-8-7-18-16-14-17(20-9-19-16)23(2)10-21-14/h3-6,9-10,22H,7-8H2,1-2H3,(H,18,19,20). The maximum Gasteiger partial charge on any atom is 0.165 e. The number of nitrogens with zero attached hydrogens (tertiary/aromatic N) is 4. The van der Waals surface area contributed by atoms with Crippen molar-refractivity contribution < 1.29 is 0 Å². The first-order chi connectivity index (χ1) is 11.7. The van der Waals surface area contributed by atoms with E-state index < -0.39 is 0 Å². The molecule has 0 radical (unpaired) electrons. The van der Waals surface area contributed by atoms with Gasteiger partial charge in [-0.3, -0.25) is 0 Å². The number of para-hydroxylation sites is 1. The minimum absolute atomic E-state index is 0.789. The number of hydrogen-bond donors (Lipinski definition) is 2. The fraction of sp³-hybridized carbons (Fsp3) is 0.235. The van der Waals surface area contributed by atoms with Gasteiger partial charge in [0, 0.05) is 40.8 Å². The number of aryl methyl sites for hydroxylation is 2. The summed E-state index contributed by atoms with van der Waals surface area (Å²) in [7, 11) is 1.93. The Hall–Kier alpha value is -2.54. The number of thioether (sulfide) groups is 1. The summed E-state index contributed by atoms with van der Waals surface area (Å²) in [6.07, 6.45) is 3.33. The molecule has 0 aliphatic rings. The lowest BCUT2D eigenvalue weighted by molar-refractivity contribution is 0.928. The van der Waals surface area contributed by atoms with E-state index in [4.69, 9.17) is 0 Å². The second-order valence-corrected chi connectivity index (χ2v) is 6.76. The maximum absolute atomic E-state index is 4.37. The molecular formula is C17H18N6S. The predicted molar refractivity (Wildman–Crippen MR) is 98.6 cm³/mol. The van der Waals surface area contributed by atoms with Gasteiger partial charge in [0.15, 0.2) is 11.5 Å². The Morgan fingerprint density at radius 2 is 2.08 bits per heavy atom. The fourth-order valence-electron chi connectivity index (χ4n) is 2.83. The van der Waals surface area contributed by atoms with Crippen LogP contribution in [0.25, 0.3) is 22.1 Å². The summed E-state index contributed by atoms with van der Waals surface area (Å²) in [5.74, 6) is 1.73. The molecule has 0 aliphatic carbocycles. The molecule has 7 heteroatoms. The molecule has 24 heavy (non-hydrogen) atoms. The van der Waals surface area contributed by atoms with Crippen molar-refractivity contribution in [3.8, 4) is 0 Å². The van der Waals surface area contributed by atoms with Crippen LogP contribution in [0.15, 0.2) is 41.8 Å². The van der Waals surface area contributed by atoms with Crippen LogP contribution in [0.4, 0.5) is 5.82 Å². The maximum atomic E-state index is 4.37. The summed E-state index contributed by atoms with van der Waals surface area (Å²) >= 11 is 1.85. The van der Waals surface area contributed by atoms with E-state index in [1.165, 1.54) is 21.5 Å². The van der Waals surface area contributed by atoms with Crippen molar-refractivity contribution >= 4 is 39.6 Å². The predicted octanol–water partition coefficient (Wildman–Crippen LogP) is 3.36. The molecule has 1 aromatic carbocycles. The highest BCUT2D eigenvalue weighted by Crippen LogP contribution is 2.31. The van der Waals surface area contributed by atoms with E-state index in [9.17, 15) is 0 Å². The lowest BCUT2D eigenvalue weighted by Gasteiger charge is -2.06. The van der Waals surface area contributed by atoms with Gasteiger partial charge in [-0.15, -0.1) is 11.8 Å². The van der Waals surface area contributed by atoms with Crippen LogP contribution in [0.1, 0.15) is 5.69 Å². The van der Waals surface area contributed by atoms with Crippen LogP contribution in [0, 0.1) is 6.92 Å². The summed E-state index contributed by atoms with van der Waals surface area (Å²) < 4.78 is 1.90. The van der Waals surface area contributed by atoms with Gasteiger partial charge in [-0.2, -0.15) is 0 Å². The first kappa shape index (κ1) is 15.0. The molecule has 0 saturated heterocycles. The van der Waals surface area contributed by atoms with Crippen LogP contribution in [-0.4, -0.2) is 36.8 Å². The zero-order valence-corrected chi connectivity index (χ0v) is 14.4. The zero-order valence-electron chi connectivity index (χ0n) is 13.6. The molecule has 0 atom stereocenters. The van der Waals surface area contributed by atoms with Crippen molar-refractivity contribution in [3.63, 3.8) is 0 Å². The minimum atomic E-state index is 0.789. The van der Waals surface area contributed by atoms with Crippen molar-refractivity contribution in [1.82, 2.24) is 24.5 Å². The molecule has 0 aliphatic heterocycles. The Labute approximate surface area is 143 Å². The Balaban J connectivity index is 1.45. The van der Waals surface area contributed by atoms with Crippen LogP contribution < -0.4 is 5.32 Å². The molecule has 0 fully saturated rings. The first-order valence-corrected chi connectivity index (χ1v) is 8.78. The van der Waals surface area contributed by atoms with Crippen molar-refractivity contribution in [3.05, 3.63) is 42.6 Å². The highest BCUT2D eigenvalue weighted by molar-refractivity contribution is 7.99. The van der Waals surface area contributed by atoms with Crippen LogP contribution in [0.5, 0.6) is 0 Å². The lowest BCUT2D eigenvalue weighted by Crippen LogP contribution is -2.06. The summed E-state index contributed by atoms with van der Waals surface area (Å²) in [6, 6.07) is 8.41. The van der Waals surface area contributed by atoms with Crippen molar-refractivity contribution in [1.29, 1.82) is 0 Å². The van der Waals surface area contributed by atoms with Gasteiger partial charge in [0.25, 0.3) is 0 Å². The third-order valence-corrected chi connectivity index (χ3v) is 5.20. The van der Waals surface area contributed by atoms with E-state index in [0.29, 0.717) is 0 Å². The number of anilines is 1. The van der Waals surface area contributed by atoms with E-state index in [1.54, 1.807) is 12.7 Å². The Morgan fingerprint density at radius 1 is 1.21 bits per heavy atom. The molecule has 122 valence electrons. The molecule has 0 unspecified atom stereocenters. The van der Waals surface area contributed by atoms with Gasteiger partial charge in [-0.25, -0.2) is 15.0 Å². The van der Waals surface area contributed by atoms with Crippen molar-refractivity contribution in [2.45, 2.75) is 11.8 Å². The monoisotopic (exact) mass is 338 g/mol. The van der Waals surface area contributed by atoms with Crippen molar-refractivity contribution in [2.24, 2.45) is 7.05 Å². The molecule has 0 amide bonds. The topological polar surface area (TPSA) is 71.4 Å². The SMILES string of the molecule is Cc1[nH]c2ccccc2c1SCCNc1ncnc2c1ncn2C. The second-order valence-electron chi connectivity index (χ2n) is 5.65. The molecule has 0 bridgehead atoms. The molecule has 4 aromatic rings. The highest BCUT2D eigenvalue weighted by Gasteiger charge is 2.10. The van der Waals surface area contributed by atoms with E-state index in [-0.39, 0.29) is 0 Å². The van der Waals surface area contributed by atoms with Gasteiger partial charge in [0.05, 0.1) is 6.33 Å². The number of aromatic amines is 1. The molecule has 3 heterocycles. The fourth-order valence-corrected chi connectivity index (χ4v) is 3.84. The number of hydrogen-bond acceptors (Lipinski definition) is 5. The molecular weight excluding hydrogens is 320 g/mol. The van der Waals surface area contributed by atoms with Crippen LogP contribution in [-0.2, 0) is 7.05 Å². The lowest BCUT2D eigenvalue weighted by atomic mass is 10.2. The zero-order chi connectivity index (χ0) is 16.5. The highest BCUT2D eigenvalue weighted by atomic mass is 32.2. The molecule has 0 saturated carbocycles. The van der Waals surface area contributed by atoms with E-state index in [2.05, 4.69) is 56.4 Å². The Morgan fingerprint density at radius 3 is 3.00 bits per heavy atom. The summed E-state index contributed by atoms with van der Waals surface area (Å²) in [6.45, 7) is 2.93. The summed E-state index contributed by atoms with van der Waals surface area (Å²) in [5, 5.41) is 4.66. The van der Waals surface area contributed by atoms with Gasteiger partial charge >= 0.3 is 0 Å². The van der Waals surface area contributed by atoms with E-state index in [1.807, 2.05) is 23.4 Å². The molecule has 6 nitrogen and oxygen atoms in total. The van der Waals surface area contributed by atoms with E-state index >= 15 is 0 Å². The number of rotatable bonds is 5. The molecule has 3 aromatic heterocycles. The molecule has 2 N–H and O–H groups in total. The number of H-pyrrole nitrogens is 1. The molecule has 0 spiro atoms. The average Bonchev–Trinajstić information content (AvgIpc) is 3.12. The molecule has 4 rings (SSSR count). The number of aromatic nitrogens is 5. The minimum Gasteiger partial charge on any atom is -0.367 e. The third kappa shape index (κ3) is 2.60. The first-order valence-electron chi connectivity index (χ1n) is 7.80. The van der Waals surface area contributed by atoms with Crippen LogP contribution in [0.3, 0.4) is 0 Å². The largest absolute Gasteiger partial charge is 0.367 e. The smallest absolute Gasteiger partial charge is 0.165 e. The van der Waals surface area contributed by atoms with Gasteiger partial charge in [-0.1, -0.05) is 18.2 Å². The van der Waals surface area contributed by atoms with Crippen LogP contribution >= 0.6 is 11.8 Å². The van der Waals surface area contributed by atoms with Crippen LogP contribution in [0.2, 0.25) is 0 Å². The summed E-state index contributed by atoms with van der Waals surface area (Å²) in [4.78, 5) is 17.7. The number of nitrogens with one attached hydrogen (secondary N) is 2. The number of fused-ring (bicyclic) bond motifs is 2. The van der Waals surface area contributed by atoms with Gasteiger partial charge in [0.1, 0.15) is 11.8 Å².